The topological polar surface area (TPSA) is 32.3 Å². The van der Waals surface area contributed by atoms with E-state index in [-0.39, 0.29) is 5.54 Å². The van der Waals surface area contributed by atoms with Gasteiger partial charge in [-0.15, -0.1) is 0 Å². The van der Waals surface area contributed by atoms with Crippen molar-refractivity contribution in [1.82, 2.24) is 10.2 Å². The van der Waals surface area contributed by atoms with Gasteiger partial charge in [0.1, 0.15) is 0 Å². The van der Waals surface area contributed by atoms with Gasteiger partial charge in [0.2, 0.25) is 5.91 Å². The predicted molar refractivity (Wildman–Crippen MR) is 73.1 cm³/mol. The molecular weight excluding hydrogens is 232 g/mol. The number of hydrogen-bond donors (Lipinski definition) is 1. The van der Waals surface area contributed by atoms with Crippen molar-refractivity contribution in [2.24, 2.45) is 5.92 Å². The molecule has 1 aliphatic heterocycles. The van der Waals surface area contributed by atoms with E-state index in [1.807, 2.05) is 11.8 Å². The summed E-state index contributed by atoms with van der Waals surface area (Å²) in [7, 11) is 0. The average Bonchev–Trinajstić information content (AvgIpc) is 3.01. The van der Waals surface area contributed by atoms with Crippen LogP contribution in [0.15, 0.2) is 0 Å². The molecule has 1 aliphatic carbocycles. The number of hydrogen-bond acceptors (Lipinski definition) is 3. The molecule has 2 unspecified atom stereocenters. The summed E-state index contributed by atoms with van der Waals surface area (Å²) in [5, 5.41) is 3.56. The van der Waals surface area contributed by atoms with Crippen LogP contribution in [0.1, 0.15) is 39.5 Å². The van der Waals surface area contributed by atoms with Gasteiger partial charge in [0.15, 0.2) is 0 Å². The maximum atomic E-state index is 12.4. The number of nitrogens with one attached hydrogen (secondary N) is 1. The normalized spacial score (nSPS) is 27.8. The molecule has 1 heterocycles. The fraction of sp³-hybridized carbons (Fsp3) is 0.923. The fourth-order valence-corrected chi connectivity index (χ4v) is 3.42. The van der Waals surface area contributed by atoms with Gasteiger partial charge in [-0.25, -0.2) is 0 Å². The summed E-state index contributed by atoms with van der Waals surface area (Å²) in [6.07, 6.45) is 6.72. The number of nitrogens with zero attached hydrogens (tertiary/aromatic N) is 1. The molecule has 1 N–H and O–H groups in total. The summed E-state index contributed by atoms with van der Waals surface area (Å²) in [5.74, 6) is 2.09. The van der Waals surface area contributed by atoms with Crippen LogP contribution in [-0.4, -0.2) is 41.1 Å². The van der Waals surface area contributed by atoms with Crippen molar-refractivity contribution in [3.05, 3.63) is 0 Å². The quantitative estimate of drug-likeness (QED) is 0.789. The van der Waals surface area contributed by atoms with E-state index in [4.69, 9.17) is 0 Å². The first-order chi connectivity index (χ1) is 8.13. The lowest BCUT2D eigenvalue weighted by atomic mass is 10.1. The Morgan fingerprint density at radius 3 is 2.82 bits per heavy atom. The zero-order valence-corrected chi connectivity index (χ0v) is 12.0. The lowest BCUT2D eigenvalue weighted by Crippen LogP contribution is -2.40. The Kier molecular flexibility index (Phi) is 4.03. The number of thioether (sulfide) groups is 1. The van der Waals surface area contributed by atoms with Crippen molar-refractivity contribution in [3.8, 4) is 0 Å². The Morgan fingerprint density at radius 1 is 1.59 bits per heavy atom. The molecule has 1 saturated carbocycles. The third kappa shape index (κ3) is 2.63. The molecule has 0 aromatic rings. The molecule has 0 radical (unpaired) electrons. The summed E-state index contributed by atoms with van der Waals surface area (Å²) in [5.41, 5.74) is -0.140. The Morgan fingerprint density at radius 2 is 2.29 bits per heavy atom. The maximum Gasteiger partial charge on any atom is 0.244 e. The Bertz CT molecular complexity index is 291. The number of amides is 1. The van der Waals surface area contributed by atoms with E-state index in [1.165, 1.54) is 0 Å². The van der Waals surface area contributed by atoms with Crippen molar-refractivity contribution in [2.45, 2.75) is 51.2 Å². The zero-order chi connectivity index (χ0) is 12.5. The van der Waals surface area contributed by atoms with Crippen molar-refractivity contribution in [2.75, 3.05) is 18.6 Å². The average molecular weight is 256 g/mol. The highest BCUT2D eigenvalue weighted by atomic mass is 32.2. The van der Waals surface area contributed by atoms with Crippen LogP contribution >= 0.6 is 11.8 Å². The van der Waals surface area contributed by atoms with Crippen LogP contribution in [0.5, 0.6) is 0 Å². The molecule has 2 rings (SSSR count). The molecule has 1 spiro atoms. The molecule has 1 amide bonds. The monoisotopic (exact) mass is 256 g/mol. The minimum atomic E-state index is -0.140. The van der Waals surface area contributed by atoms with E-state index in [2.05, 4.69) is 30.3 Å². The van der Waals surface area contributed by atoms with Gasteiger partial charge in [-0.3, -0.25) is 10.1 Å². The Balaban J connectivity index is 1.98. The van der Waals surface area contributed by atoms with E-state index >= 15 is 0 Å². The van der Waals surface area contributed by atoms with Gasteiger partial charge in [0, 0.05) is 6.54 Å². The van der Waals surface area contributed by atoms with Gasteiger partial charge in [-0.1, -0.05) is 20.3 Å². The molecule has 2 fully saturated rings. The van der Waals surface area contributed by atoms with Crippen LogP contribution in [0.4, 0.5) is 0 Å². The zero-order valence-electron chi connectivity index (χ0n) is 11.2. The standard InChI is InChI=1S/C13H24N2OS/c1-4-5-11-14-13(6-7-13)12(16)15(11)8-10(2)9-17-3/h10-11,14H,4-9H2,1-3H3. The summed E-state index contributed by atoms with van der Waals surface area (Å²) in [4.78, 5) is 14.5. The van der Waals surface area contributed by atoms with Crippen molar-refractivity contribution < 1.29 is 4.79 Å². The molecule has 98 valence electrons. The van der Waals surface area contributed by atoms with Crippen LogP contribution < -0.4 is 5.32 Å². The number of carbonyl (C=O) groups is 1. The second kappa shape index (κ2) is 5.19. The van der Waals surface area contributed by atoms with Crippen LogP contribution in [0.2, 0.25) is 0 Å². The molecule has 17 heavy (non-hydrogen) atoms. The van der Waals surface area contributed by atoms with Gasteiger partial charge < -0.3 is 4.90 Å². The second-order valence-corrected chi connectivity index (χ2v) is 6.46. The van der Waals surface area contributed by atoms with E-state index in [0.717, 1.165) is 38.0 Å². The largest absolute Gasteiger partial charge is 0.325 e. The third-order valence-corrected chi connectivity index (χ3v) is 4.66. The minimum absolute atomic E-state index is 0.140. The smallest absolute Gasteiger partial charge is 0.244 e. The van der Waals surface area contributed by atoms with Crippen molar-refractivity contribution in [1.29, 1.82) is 0 Å². The van der Waals surface area contributed by atoms with Gasteiger partial charge in [0.05, 0.1) is 11.7 Å². The molecular formula is C13H24N2OS. The van der Waals surface area contributed by atoms with E-state index < -0.39 is 0 Å². The number of carbonyl (C=O) groups excluding carboxylic acids is 1. The van der Waals surface area contributed by atoms with Gasteiger partial charge >= 0.3 is 0 Å². The fourth-order valence-electron chi connectivity index (χ4n) is 2.74. The third-order valence-electron chi connectivity index (χ3n) is 3.76. The van der Waals surface area contributed by atoms with E-state index in [1.54, 1.807) is 0 Å². The molecule has 2 aliphatic rings. The second-order valence-electron chi connectivity index (χ2n) is 5.55. The lowest BCUT2D eigenvalue weighted by Gasteiger charge is -2.26. The van der Waals surface area contributed by atoms with Crippen LogP contribution in [0.3, 0.4) is 0 Å². The van der Waals surface area contributed by atoms with Gasteiger partial charge in [-0.05, 0) is 37.2 Å². The number of rotatable bonds is 6. The van der Waals surface area contributed by atoms with E-state index in [0.29, 0.717) is 18.0 Å². The summed E-state index contributed by atoms with van der Waals surface area (Å²) in [6.45, 7) is 5.34. The SMILES string of the molecule is CCCC1NC2(CC2)C(=O)N1CC(C)CSC. The molecule has 0 aromatic carbocycles. The molecule has 4 heteroatoms. The van der Waals surface area contributed by atoms with Gasteiger partial charge in [0.25, 0.3) is 0 Å². The Hall–Kier alpha value is -0.220. The highest BCUT2D eigenvalue weighted by Gasteiger charge is 2.58. The summed E-state index contributed by atoms with van der Waals surface area (Å²) < 4.78 is 0. The van der Waals surface area contributed by atoms with E-state index in [9.17, 15) is 4.79 Å². The molecule has 0 bridgehead atoms. The first-order valence-corrected chi connectivity index (χ1v) is 8.10. The molecule has 3 nitrogen and oxygen atoms in total. The van der Waals surface area contributed by atoms with Gasteiger partial charge in [-0.2, -0.15) is 11.8 Å². The predicted octanol–water partition coefficient (Wildman–Crippen LogP) is 2.08. The summed E-state index contributed by atoms with van der Waals surface area (Å²) >= 11 is 1.87. The van der Waals surface area contributed by atoms with Crippen LogP contribution in [0.25, 0.3) is 0 Å². The highest BCUT2D eigenvalue weighted by Crippen LogP contribution is 2.42. The minimum Gasteiger partial charge on any atom is -0.325 e. The lowest BCUT2D eigenvalue weighted by molar-refractivity contribution is -0.131. The molecule has 2 atom stereocenters. The van der Waals surface area contributed by atoms with Crippen molar-refractivity contribution >= 4 is 17.7 Å². The highest BCUT2D eigenvalue weighted by molar-refractivity contribution is 7.98. The molecule has 1 saturated heterocycles. The first kappa shape index (κ1) is 13.2. The first-order valence-electron chi connectivity index (χ1n) is 6.70. The van der Waals surface area contributed by atoms with Crippen LogP contribution in [-0.2, 0) is 4.79 Å². The Labute approximate surface area is 109 Å². The maximum absolute atomic E-state index is 12.4. The molecule has 0 aromatic heterocycles. The van der Waals surface area contributed by atoms with Crippen LogP contribution in [0, 0.1) is 5.92 Å². The summed E-state index contributed by atoms with van der Waals surface area (Å²) in [6, 6.07) is 0. The van der Waals surface area contributed by atoms with Crippen molar-refractivity contribution in [3.63, 3.8) is 0 Å².